The van der Waals surface area contributed by atoms with Gasteiger partial charge in [-0.15, -0.1) is 0 Å². The molecule has 1 amide bonds. The number of methoxy groups -OCH3 is 1. The minimum absolute atomic E-state index is 0.146. The molecule has 2 fully saturated rings. The number of rotatable bonds is 10. The van der Waals surface area contributed by atoms with Crippen LogP contribution in [0.15, 0.2) is 66.7 Å². The fourth-order valence-electron chi connectivity index (χ4n) is 7.65. The molecule has 1 aliphatic heterocycles. The maximum atomic E-state index is 13.5. The molecule has 0 radical (unpaired) electrons. The van der Waals surface area contributed by atoms with Crippen LogP contribution in [0.25, 0.3) is 0 Å². The van der Waals surface area contributed by atoms with E-state index in [0.29, 0.717) is 11.8 Å². The topological polar surface area (TPSA) is 42.0 Å². The number of carbonyl (C=O) groups is 1. The average molecular weight is 595 g/mol. The number of nitrogens with zero attached hydrogens (tertiary/aromatic N) is 2. The summed E-state index contributed by atoms with van der Waals surface area (Å²) < 4.78 is 11.0. The van der Waals surface area contributed by atoms with Crippen LogP contribution in [0, 0.1) is 5.92 Å². The summed E-state index contributed by atoms with van der Waals surface area (Å²) in [6.45, 7) is 4.71. The zero-order chi connectivity index (χ0) is 30.3. The zero-order valence-electron chi connectivity index (χ0n) is 26.8. The highest BCUT2D eigenvalue weighted by atomic mass is 16.5. The third-order valence-electron chi connectivity index (χ3n) is 10.4. The van der Waals surface area contributed by atoms with E-state index in [1.54, 1.807) is 7.11 Å². The fourth-order valence-corrected chi connectivity index (χ4v) is 7.65. The lowest BCUT2D eigenvalue weighted by Crippen LogP contribution is -2.40. The zero-order valence-corrected chi connectivity index (χ0v) is 26.8. The molecule has 1 saturated heterocycles. The van der Waals surface area contributed by atoms with E-state index in [1.807, 2.05) is 11.9 Å². The van der Waals surface area contributed by atoms with E-state index in [0.717, 1.165) is 76.3 Å². The van der Waals surface area contributed by atoms with Gasteiger partial charge in [0.1, 0.15) is 5.75 Å². The van der Waals surface area contributed by atoms with Crippen molar-refractivity contribution in [3.63, 3.8) is 0 Å². The Morgan fingerprint density at radius 1 is 0.818 bits per heavy atom. The predicted molar refractivity (Wildman–Crippen MR) is 177 cm³/mol. The molecular weight excluding hydrogens is 544 g/mol. The molecule has 1 heterocycles. The maximum absolute atomic E-state index is 13.5. The van der Waals surface area contributed by atoms with Gasteiger partial charge in [-0.1, -0.05) is 61.7 Å². The summed E-state index contributed by atoms with van der Waals surface area (Å²) in [6, 6.07) is 24.3. The van der Waals surface area contributed by atoms with Gasteiger partial charge in [0.2, 0.25) is 0 Å². The molecule has 0 bridgehead atoms. The normalized spacial score (nSPS) is 19.5. The minimum atomic E-state index is 0.146. The summed E-state index contributed by atoms with van der Waals surface area (Å²) in [7, 11) is 3.71. The summed E-state index contributed by atoms with van der Waals surface area (Å²) in [6.07, 6.45) is 11.8. The van der Waals surface area contributed by atoms with Gasteiger partial charge in [0.05, 0.1) is 7.11 Å². The lowest BCUT2D eigenvalue weighted by molar-refractivity contribution is 0.0501. The number of fused-ring (bicyclic) bond motifs is 1. The highest BCUT2D eigenvalue weighted by molar-refractivity contribution is 5.94. The molecule has 1 saturated carbocycles. The third kappa shape index (κ3) is 7.73. The van der Waals surface area contributed by atoms with E-state index >= 15 is 0 Å². The molecule has 0 unspecified atom stereocenters. The number of ether oxygens (including phenoxy) is 2. The molecule has 6 rings (SSSR count). The van der Waals surface area contributed by atoms with Gasteiger partial charge in [-0.05, 0) is 109 Å². The van der Waals surface area contributed by atoms with Crippen molar-refractivity contribution in [2.45, 2.75) is 89.3 Å². The fraction of sp³-hybridized carbons (Fsp3) is 0.513. The molecule has 0 N–H and O–H groups in total. The molecule has 234 valence electrons. The van der Waals surface area contributed by atoms with Gasteiger partial charge >= 0.3 is 0 Å². The largest absolute Gasteiger partial charge is 0.497 e. The second-order valence-corrected chi connectivity index (χ2v) is 13.4. The van der Waals surface area contributed by atoms with E-state index < -0.39 is 0 Å². The summed E-state index contributed by atoms with van der Waals surface area (Å²) in [5, 5.41) is 0. The van der Waals surface area contributed by atoms with Gasteiger partial charge in [0, 0.05) is 51.5 Å². The molecule has 5 heteroatoms. The van der Waals surface area contributed by atoms with Gasteiger partial charge in [-0.25, -0.2) is 0 Å². The Labute approximate surface area is 264 Å². The first-order valence-electron chi connectivity index (χ1n) is 17.0. The van der Waals surface area contributed by atoms with Gasteiger partial charge in [-0.2, -0.15) is 0 Å². The first-order valence-corrected chi connectivity index (χ1v) is 17.0. The van der Waals surface area contributed by atoms with Crippen molar-refractivity contribution < 1.29 is 14.3 Å². The number of benzene rings is 3. The molecule has 1 atom stereocenters. The molecule has 3 aromatic carbocycles. The van der Waals surface area contributed by atoms with E-state index in [4.69, 9.17) is 9.47 Å². The van der Waals surface area contributed by atoms with Crippen LogP contribution in [0.3, 0.4) is 0 Å². The van der Waals surface area contributed by atoms with E-state index in [1.165, 1.54) is 59.9 Å². The number of amides is 1. The first-order chi connectivity index (χ1) is 21.6. The van der Waals surface area contributed by atoms with Crippen LogP contribution in [-0.4, -0.2) is 55.7 Å². The lowest BCUT2D eigenvalue weighted by atomic mass is 9.84. The van der Waals surface area contributed by atoms with E-state index in [9.17, 15) is 4.79 Å². The number of aryl methyl sites for hydroxylation is 1. The van der Waals surface area contributed by atoms with Crippen molar-refractivity contribution in [1.29, 1.82) is 0 Å². The first kappa shape index (κ1) is 30.9. The second kappa shape index (κ2) is 14.8. The highest BCUT2D eigenvalue weighted by Crippen LogP contribution is 2.33. The number of likely N-dealkylation sites (N-methyl/N-ethyl adjacent to an activating group) is 1. The number of carbonyl (C=O) groups excluding carboxylic acids is 1. The summed E-state index contributed by atoms with van der Waals surface area (Å²) in [5.74, 6) is 2.39. The molecule has 0 aromatic heterocycles. The average Bonchev–Trinajstić information content (AvgIpc) is 3.08. The highest BCUT2D eigenvalue weighted by Gasteiger charge is 2.27. The van der Waals surface area contributed by atoms with Crippen molar-refractivity contribution >= 4 is 5.91 Å². The Kier molecular flexibility index (Phi) is 10.3. The van der Waals surface area contributed by atoms with Crippen LogP contribution in [0.2, 0.25) is 0 Å². The Balaban J connectivity index is 1.09. The van der Waals surface area contributed by atoms with Gasteiger partial charge in [-0.3, -0.25) is 9.69 Å². The van der Waals surface area contributed by atoms with Crippen molar-refractivity contribution in [3.05, 3.63) is 100 Å². The quantitative estimate of drug-likeness (QED) is 0.240. The minimum Gasteiger partial charge on any atom is -0.497 e. The molecule has 0 spiro atoms. The predicted octanol–water partition coefficient (Wildman–Crippen LogP) is 7.80. The van der Waals surface area contributed by atoms with Crippen LogP contribution < -0.4 is 4.74 Å². The molecule has 44 heavy (non-hydrogen) atoms. The van der Waals surface area contributed by atoms with Crippen molar-refractivity contribution in [1.82, 2.24) is 9.80 Å². The van der Waals surface area contributed by atoms with E-state index in [-0.39, 0.29) is 11.9 Å². The molecule has 3 aromatic rings. The number of hydrogen-bond acceptors (Lipinski definition) is 4. The van der Waals surface area contributed by atoms with Crippen molar-refractivity contribution in [3.8, 4) is 5.75 Å². The molecular formula is C39H50N2O3. The maximum Gasteiger partial charge on any atom is 0.253 e. The van der Waals surface area contributed by atoms with Crippen LogP contribution in [-0.2, 0) is 30.7 Å². The SMILES string of the molecule is COc1ccc(CN(Cc2ccc3c(c2)CC[C@H](N(C)C(=O)c2ccc(C4CCCCC4)cc2)C3)CC2CCOCC2)cc1. The van der Waals surface area contributed by atoms with E-state index in [2.05, 4.69) is 71.6 Å². The Bertz CT molecular complexity index is 1360. The second-order valence-electron chi connectivity index (χ2n) is 13.4. The smallest absolute Gasteiger partial charge is 0.253 e. The van der Waals surface area contributed by atoms with Crippen LogP contribution in [0.4, 0.5) is 0 Å². The molecule has 3 aliphatic rings. The monoisotopic (exact) mass is 594 g/mol. The van der Waals surface area contributed by atoms with Crippen LogP contribution in [0.1, 0.15) is 95.5 Å². The third-order valence-corrected chi connectivity index (χ3v) is 10.4. The summed E-state index contributed by atoms with van der Waals surface area (Å²) >= 11 is 0. The molecule has 2 aliphatic carbocycles. The molecule has 5 nitrogen and oxygen atoms in total. The van der Waals surface area contributed by atoms with Crippen molar-refractivity contribution in [2.75, 3.05) is 33.9 Å². The van der Waals surface area contributed by atoms with Gasteiger partial charge < -0.3 is 14.4 Å². The summed E-state index contributed by atoms with van der Waals surface area (Å²) in [5.41, 5.74) is 7.76. The van der Waals surface area contributed by atoms with Crippen LogP contribution in [0.5, 0.6) is 5.75 Å². The Hall–Kier alpha value is -3.15. The summed E-state index contributed by atoms with van der Waals surface area (Å²) in [4.78, 5) is 18.1. The van der Waals surface area contributed by atoms with Crippen molar-refractivity contribution in [2.24, 2.45) is 5.92 Å². The lowest BCUT2D eigenvalue weighted by Gasteiger charge is -2.33. The Morgan fingerprint density at radius 2 is 1.52 bits per heavy atom. The Morgan fingerprint density at radius 3 is 2.25 bits per heavy atom. The van der Waals surface area contributed by atoms with Gasteiger partial charge in [0.15, 0.2) is 0 Å². The van der Waals surface area contributed by atoms with Crippen LogP contribution >= 0.6 is 0 Å². The standard InChI is InChI=1S/C39H50N2O3/c1-40(39(42)34-14-12-33(13-15-34)32-6-4-3-5-7-32)37-17-16-35-24-31(8-11-36(35)25-37)28-41(27-30-20-22-44-23-21-30)26-29-9-18-38(43-2)19-10-29/h8-15,18-19,24,30,32,37H,3-7,16-17,20-23,25-28H2,1-2H3/t37-/m0/s1. The van der Waals surface area contributed by atoms with Gasteiger partial charge in [0.25, 0.3) is 5.91 Å². The number of hydrogen-bond donors (Lipinski definition) is 0.